The number of benzene rings is 3. The number of hydrogen-bond donors (Lipinski definition) is 1. The van der Waals surface area contributed by atoms with E-state index < -0.39 is 5.97 Å². The first-order valence-electron chi connectivity index (χ1n) is 10.5. The Morgan fingerprint density at radius 1 is 1.00 bits per heavy atom. The van der Waals surface area contributed by atoms with Crippen LogP contribution in [-0.4, -0.2) is 17.7 Å². The van der Waals surface area contributed by atoms with Gasteiger partial charge in [0.25, 0.3) is 0 Å². The number of nitrogens with zero attached hydrogens (tertiary/aromatic N) is 2. The van der Waals surface area contributed by atoms with Gasteiger partial charge in [0.2, 0.25) is 0 Å². The summed E-state index contributed by atoms with van der Waals surface area (Å²) < 4.78 is 5.57. The average Bonchev–Trinajstić information content (AvgIpc) is 2.78. The predicted octanol–water partition coefficient (Wildman–Crippen LogP) is 7.33. The highest BCUT2D eigenvalue weighted by molar-refractivity contribution is 5.96. The molecule has 1 atom stereocenters. The van der Waals surface area contributed by atoms with Crippen LogP contribution in [0.15, 0.2) is 70.9 Å². The van der Waals surface area contributed by atoms with Crippen LogP contribution in [0.5, 0.6) is 5.75 Å². The standard InChI is InChI=1S/C25H28N2O3/c1-3-5-10-18(4-2)17-30-25(29)21-13-8-9-14-22(21)26-27-24-20-12-7-6-11-19(20)15-16-23(24)28/h6-9,11-16,18,28H,3-5,10,17H2,1-2H3/b27-26+. The molecule has 156 valence electrons. The molecule has 0 radical (unpaired) electrons. The molecule has 3 aromatic rings. The second-order valence-electron chi connectivity index (χ2n) is 7.39. The molecule has 30 heavy (non-hydrogen) atoms. The van der Waals surface area contributed by atoms with E-state index in [2.05, 4.69) is 24.1 Å². The Morgan fingerprint density at radius 3 is 2.57 bits per heavy atom. The van der Waals surface area contributed by atoms with Crippen molar-refractivity contribution in [2.45, 2.75) is 39.5 Å². The summed E-state index contributed by atoms with van der Waals surface area (Å²) in [6.07, 6.45) is 4.31. The van der Waals surface area contributed by atoms with Crippen LogP contribution in [0.2, 0.25) is 0 Å². The van der Waals surface area contributed by atoms with Crippen molar-refractivity contribution in [1.82, 2.24) is 0 Å². The molecule has 0 heterocycles. The van der Waals surface area contributed by atoms with E-state index in [-0.39, 0.29) is 5.75 Å². The Kier molecular flexibility index (Phi) is 7.55. The second-order valence-corrected chi connectivity index (χ2v) is 7.39. The van der Waals surface area contributed by atoms with Gasteiger partial charge in [0.1, 0.15) is 17.1 Å². The second kappa shape index (κ2) is 10.5. The Hall–Kier alpha value is -3.21. The highest BCUT2D eigenvalue weighted by Crippen LogP contribution is 2.36. The molecule has 5 heteroatoms. The van der Waals surface area contributed by atoms with Gasteiger partial charge in [0.05, 0.1) is 12.2 Å². The maximum atomic E-state index is 12.7. The van der Waals surface area contributed by atoms with Crippen LogP contribution in [0.1, 0.15) is 49.9 Å². The van der Waals surface area contributed by atoms with Crippen molar-refractivity contribution in [3.8, 4) is 5.75 Å². The number of ether oxygens (including phenoxy) is 1. The molecular weight excluding hydrogens is 376 g/mol. The molecule has 0 aliphatic carbocycles. The van der Waals surface area contributed by atoms with Gasteiger partial charge in [-0.1, -0.05) is 75.6 Å². The third-order valence-corrected chi connectivity index (χ3v) is 5.25. The molecule has 0 saturated heterocycles. The molecule has 0 fully saturated rings. The number of unbranched alkanes of at least 4 members (excludes halogenated alkanes) is 1. The molecule has 3 aromatic carbocycles. The van der Waals surface area contributed by atoms with E-state index in [1.165, 1.54) is 0 Å². The van der Waals surface area contributed by atoms with Crippen LogP contribution in [0.3, 0.4) is 0 Å². The van der Waals surface area contributed by atoms with E-state index in [0.717, 1.165) is 36.5 Å². The van der Waals surface area contributed by atoms with Crippen LogP contribution in [0.25, 0.3) is 10.8 Å². The zero-order chi connectivity index (χ0) is 21.3. The zero-order valence-electron chi connectivity index (χ0n) is 17.5. The van der Waals surface area contributed by atoms with Crippen molar-refractivity contribution in [2.24, 2.45) is 16.1 Å². The lowest BCUT2D eigenvalue weighted by Crippen LogP contribution is -2.14. The summed E-state index contributed by atoms with van der Waals surface area (Å²) in [4.78, 5) is 12.7. The van der Waals surface area contributed by atoms with Gasteiger partial charge in [-0.05, 0) is 35.9 Å². The fourth-order valence-corrected chi connectivity index (χ4v) is 3.36. The van der Waals surface area contributed by atoms with Crippen LogP contribution in [-0.2, 0) is 4.74 Å². The largest absolute Gasteiger partial charge is 0.506 e. The van der Waals surface area contributed by atoms with Gasteiger partial charge in [0.15, 0.2) is 0 Å². The van der Waals surface area contributed by atoms with Gasteiger partial charge in [-0.2, -0.15) is 0 Å². The molecule has 5 nitrogen and oxygen atoms in total. The quantitative estimate of drug-likeness (QED) is 0.300. The summed E-state index contributed by atoms with van der Waals surface area (Å²) in [6.45, 7) is 4.69. The number of phenolic OH excluding ortho intramolecular Hbond substituents is 1. The Labute approximate surface area is 177 Å². The molecule has 0 aromatic heterocycles. The number of aromatic hydroxyl groups is 1. The fourth-order valence-electron chi connectivity index (χ4n) is 3.36. The number of carbonyl (C=O) groups is 1. The van der Waals surface area contributed by atoms with Gasteiger partial charge in [-0.25, -0.2) is 4.79 Å². The SMILES string of the molecule is CCCCC(CC)COC(=O)c1ccccc1/N=N/c1c(O)ccc2ccccc12. The molecule has 0 aliphatic rings. The van der Waals surface area contributed by atoms with Crippen LogP contribution in [0.4, 0.5) is 11.4 Å². The number of carbonyl (C=O) groups excluding carboxylic acids is 1. The number of hydrogen-bond acceptors (Lipinski definition) is 5. The lowest BCUT2D eigenvalue weighted by Gasteiger charge is -2.15. The van der Waals surface area contributed by atoms with Crippen molar-refractivity contribution in [3.05, 3.63) is 66.2 Å². The monoisotopic (exact) mass is 404 g/mol. The number of rotatable bonds is 9. The highest BCUT2D eigenvalue weighted by atomic mass is 16.5. The van der Waals surface area contributed by atoms with Gasteiger partial charge < -0.3 is 9.84 Å². The van der Waals surface area contributed by atoms with Crippen LogP contribution in [0, 0.1) is 5.92 Å². The number of azo groups is 1. The topological polar surface area (TPSA) is 71.2 Å². The van der Waals surface area contributed by atoms with Crippen molar-refractivity contribution in [1.29, 1.82) is 0 Å². The molecule has 0 bridgehead atoms. The smallest absolute Gasteiger partial charge is 0.340 e. The fraction of sp³-hybridized carbons (Fsp3) is 0.320. The molecule has 3 rings (SSSR count). The highest BCUT2D eigenvalue weighted by Gasteiger charge is 2.15. The normalized spacial score (nSPS) is 12.3. The minimum atomic E-state index is -0.401. The van der Waals surface area contributed by atoms with E-state index in [9.17, 15) is 9.90 Å². The zero-order valence-corrected chi connectivity index (χ0v) is 17.5. The van der Waals surface area contributed by atoms with E-state index in [1.807, 2.05) is 30.3 Å². The van der Waals surface area contributed by atoms with Crippen molar-refractivity contribution in [2.75, 3.05) is 6.61 Å². The van der Waals surface area contributed by atoms with Crippen molar-refractivity contribution >= 4 is 28.1 Å². The van der Waals surface area contributed by atoms with Crippen molar-refractivity contribution in [3.63, 3.8) is 0 Å². The number of phenols is 1. The molecular formula is C25H28N2O3. The maximum Gasteiger partial charge on any atom is 0.340 e. The van der Waals surface area contributed by atoms with E-state index in [1.54, 1.807) is 30.3 Å². The van der Waals surface area contributed by atoms with E-state index >= 15 is 0 Å². The van der Waals surface area contributed by atoms with Crippen LogP contribution < -0.4 is 0 Å². The summed E-state index contributed by atoms with van der Waals surface area (Å²) in [5, 5.41) is 20.5. The summed E-state index contributed by atoms with van der Waals surface area (Å²) >= 11 is 0. The first kappa shape index (κ1) is 21.5. The first-order valence-corrected chi connectivity index (χ1v) is 10.5. The number of fused-ring (bicyclic) bond motifs is 1. The van der Waals surface area contributed by atoms with Gasteiger partial charge in [-0.3, -0.25) is 0 Å². The summed E-state index contributed by atoms with van der Waals surface area (Å²) in [5.41, 5.74) is 1.16. The lowest BCUT2D eigenvalue weighted by molar-refractivity contribution is 0.0429. The van der Waals surface area contributed by atoms with E-state index in [0.29, 0.717) is 29.5 Å². The molecule has 0 saturated carbocycles. The Morgan fingerprint density at radius 2 is 1.77 bits per heavy atom. The third-order valence-electron chi connectivity index (χ3n) is 5.25. The summed E-state index contributed by atoms with van der Waals surface area (Å²) in [7, 11) is 0. The minimum Gasteiger partial charge on any atom is -0.506 e. The predicted molar refractivity (Wildman–Crippen MR) is 120 cm³/mol. The maximum absolute atomic E-state index is 12.7. The first-order chi connectivity index (χ1) is 14.6. The molecule has 0 aliphatic heterocycles. The minimum absolute atomic E-state index is 0.0409. The average molecular weight is 405 g/mol. The molecule has 0 spiro atoms. The third kappa shape index (κ3) is 5.23. The number of esters is 1. The van der Waals surface area contributed by atoms with Gasteiger partial charge >= 0.3 is 5.97 Å². The van der Waals surface area contributed by atoms with Crippen LogP contribution >= 0.6 is 0 Å². The summed E-state index contributed by atoms with van der Waals surface area (Å²) in [5.74, 6) is 0.0104. The Bertz CT molecular complexity index is 1030. The lowest BCUT2D eigenvalue weighted by atomic mass is 10.0. The van der Waals surface area contributed by atoms with Crippen molar-refractivity contribution < 1.29 is 14.6 Å². The van der Waals surface area contributed by atoms with Gasteiger partial charge in [0, 0.05) is 5.39 Å². The van der Waals surface area contributed by atoms with E-state index in [4.69, 9.17) is 4.74 Å². The Balaban J connectivity index is 1.81. The van der Waals surface area contributed by atoms with Gasteiger partial charge in [-0.15, -0.1) is 10.2 Å². The molecule has 1 N–H and O–H groups in total. The summed E-state index contributed by atoms with van der Waals surface area (Å²) in [6, 6.07) is 18.0. The molecule has 0 amide bonds. The molecule has 1 unspecified atom stereocenters.